The van der Waals surface area contributed by atoms with E-state index < -0.39 is 0 Å². The fraction of sp³-hybridized carbons (Fsp3) is 0.316. The maximum atomic E-state index is 12.1. The van der Waals surface area contributed by atoms with Gasteiger partial charge in [0.05, 0.1) is 6.04 Å². The number of furan rings is 1. The number of nitrogens with zero attached hydrogens (tertiary/aromatic N) is 2. The number of amides is 1. The van der Waals surface area contributed by atoms with Gasteiger partial charge < -0.3 is 14.2 Å². The summed E-state index contributed by atoms with van der Waals surface area (Å²) in [7, 11) is 0. The first-order chi connectivity index (χ1) is 12.0. The van der Waals surface area contributed by atoms with Gasteiger partial charge in [-0.1, -0.05) is 17.7 Å². The van der Waals surface area contributed by atoms with E-state index in [1.54, 1.807) is 0 Å². The fourth-order valence-corrected chi connectivity index (χ4v) is 2.46. The maximum absolute atomic E-state index is 12.1. The second-order valence-electron chi connectivity index (χ2n) is 6.10. The summed E-state index contributed by atoms with van der Waals surface area (Å²) in [6.07, 6.45) is 0.675. The molecular weight excluding hydrogens is 318 g/mol. The molecule has 1 amide bonds. The molecule has 6 nitrogen and oxygen atoms in total. The van der Waals surface area contributed by atoms with Gasteiger partial charge in [-0.05, 0) is 45.0 Å². The predicted octanol–water partition coefficient (Wildman–Crippen LogP) is 3.76. The van der Waals surface area contributed by atoms with Crippen LogP contribution in [0.3, 0.4) is 0 Å². The summed E-state index contributed by atoms with van der Waals surface area (Å²) < 4.78 is 11.1. The van der Waals surface area contributed by atoms with Crippen molar-refractivity contribution < 1.29 is 13.6 Å². The van der Waals surface area contributed by atoms with E-state index in [4.69, 9.17) is 8.83 Å². The van der Waals surface area contributed by atoms with Crippen molar-refractivity contribution >= 4 is 5.91 Å². The molecule has 25 heavy (non-hydrogen) atoms. The van der Waals surface area contributed by atoms with E-state index in [9.17, 15) is 4.79 Å². The van der Waals surface area contributed by atoms with Crippen molar-refractivity contribution in [3.05, 3.63) is 59.4 Å². The molecule has 0 spiro atoms. The van der Waals surface area contributed by atoms with Gasteiger partial charge >= 0.3 is 0 Å². The van der Waals surface area contributed by atoms with Crippen molar-refractivity contribution in [2.24, 2.45) is 0 Å². The zero-order valence-corrected chi connectivity index (χ0v) is 14.6. The van der Waals surface area contributed by atoms with Crippen LogP contribution in [0.2, 0.25) is 0 Å². The van der Waals surface area contributed by atoms with Gasteiger partial charge in [0, 0.05) is 18.4 Å². The summed E-state index contributed by atoms with van der Waals surface area (Å²) in [5.74, 6) is 2.40. The molecule has 3 aromatic rings. The molecule has 0 saturated carbocycles. The van der Waals surface area contributed by atoms with Crippen LogP contribution >= 0.6 is 0 Å². The van der Waals surface area contributed by atoms with E-state index in [1.807, 2.05) is 57.2 Å². The zero-order chi connectivity index (χ0) is 17.8. The molecular formula is C19H21N3O3. The predicted molar refractivity (Wildman–Crippen MR) is 92.8 cm³/mol. The van der Waals surface area contributed by atoms with Gasteiger partial charge in [0.15, 0.2) is 0 Å². The monoisotopic (exact) mass is 339 g/mol. The number of hydrogen-bond donors (Lipinski definition) is 1. The highest BCUT2D eigenvalue weighted by atomic mass is 16.4. The van der Waals surface area contributed by atoms with Crippen LogP contribution in [0.1, 0.15) is 42.4 Å². The Balaban J connectivity index is 1.53. The SMILES string of the molecule is Cc1ccc(-c2nnc(CCC(=O)NC(C)c3ccc(C)o3)o2)cc1. The van der Waals surface area contributed by atoms with E-state index in [2.05, 4.69) is 15.5 Å². The highest BCUT2D eigenvalue weighted by Crippen LogP contribution is 2.19. The number of carbonyl (C=O) groups is 1. The lowest BCUT2D eigenvalue weighted by Crippen LogP contribution is -2.26. The minimum atomic E-state index is -0.174. The summed E-state index contributed by atoms with van der Waals surface area (Å²) in [5, 5.41) is 11.0. The van der Waals surface area contributed by atoms with E-state index in [0.717, 1.165) is 17.1 Å². The van der Waals surface area contributed by atoms with Crippen LogP contribution in [-0.4, -0.2) is 16.1 Å². The smallest absolute Gasteiger partial charge is 0.247 e. The Morgan fingerprint density at radius 1 is 1.08 bits per heavy atom. The Morgan fingerprint density at radius 3 is 2.52 bits per heavy atom. The van der Waals surface area contributed by atoms with Crippen LogP contribution in [-0.2, 0) is 11.2 Å². The lowest BCUT2D eigenvalue weighted by atomic mass is 10.1. The molecule has 0 fully saturated rings. The Bertz CT molecular complexity index is 849. The molecule has 1 aromatic carbocycles. The van der Waals surface area contributed by atoms with Crippen molar-refractivity contribution in [3.63, 3.8) is 0 Å². The van der Waals surface area contributed by atoms with E-state index in [-0.39, 0.29) is 18.4 Å². The molecule has 0 aliphatic rings. The van der Waals surface area contributed by atoms with E-state index >= 15 is 0 Å². The third-order valence-electron chi connectivity index (χ3n) is 3.90. The van der Waals surface area contributed by atoms with Gasteiger partial charge in [0.1, 0.15) is 11.5 Å². The largest absolute Gasteiger partial charge is 0.464 e. The number of aromatic nitrogens is 2. The fourth-order valence-electron chi connectivity index (χ4n) is 2.46. The second-order valence-corrected chi connectivity index (χ2v) is 6.10. The average Bonchev–Trinajstić information content (AvgIpc) is 3.23. The topological polar surface area (TPSA) is 81.2 Å². The first-order valence-electron chi connectivity index (χ1n) is 8.26. The third-order valence-corrected chi connectivity index (χ3v) is 3.90. The molecule has 1 atom stereocenters. The average molecular weight is 339 g/mol. The van der Waals surface area contributed by atoms with Gasteiger partial charge in [0.25, 0.3) is 0 Å². The van der Waals surface area contributed by atoms with Crippen LogP contribution in [0.15, 0.2) is 45.2 Å². The van der Waals surface area contributed by atoms with Crippen molar-refractivity contribution in [3.8, 4) is 11.5 Å². The number of rotatable bonds is 6. The normalized spacial score (nSPS) is 12.1. The zero-order valence-electron chi connectivity index (χ0n) is 14.6. The Labute approximate surface area is 146 Å². The van der Waals surface area contributed by atoms with Gasteiger partial charge in [-0.2, -0.15) is 0 Å². The molecule has 6 heteroatoms. The molecule has 2 heterocycles. The summed E-state index contributed by atoms with van der Waals surface area (Å²) in [4.78, 5) is 12.1. The molecule has 1 unspecified atom stereocenters. The molecule has 0 radical (unpaired) electrons. The van der Waals surface area contributed by atoms with Crippen molar-refractivity contribution in [2.45, 2.75) is 39.7 Å². The highest BCUT2D eigenvalue weighted by molar-refractivity contribution is 5.76. The van der Waals surface area contributed by atoms with Crippen LogP contribution in [0.5, 0.6) is 0 Å². The molecule has 2 aromatic heterocycles. The molecule has 0 aliphatic carbocycles. The Kier molecular flexibility index (Phi) is 4.97. The van der Waals surface area contributed by atoms with Crippen LogP contribution in [0, 0.1) is 13.8 Å². The number of nitrogens with one attached hydrogen (secondary N) is 1. The Morgan fingerprint density at radius 2 is 1.84 bits per heavy atom. The van der Waals surface area contributed by atoms with Crippen molar-refractivity contribution in [1.29, 1.82) is 0 Å². The molecule has 130 valence electrons. The summed E-state index contributed by atoms with van der Waals surface area (Å²) in [6, 6.07) is 11.4. The number of aryl methyl sites for hydroxylation is 3. The lowest BCUT2D eigenvalue weighted by molar-refractivity contribution is -0.121. The lowest BCUT2D eigenvalue weighted by Gasteiger charge is -2.10. The minimum Gasteiger partial charge on any atom is -0.464 e. The van der Waals surface area contributed by atoms with Gasteiger partial charge in [-0.3, -0.25) is 4.79 Å². The van der Waals surface area contributed by atoms with Crippen molar-refractivity contribution in [2.75, 3.05) is 0 Å². The van der Waals surface area contributed by atoms with E-state index in [1.165, 1.54) is 5.56 Å². The van der Waals surface area contributed by atoms with Gasteiger partial charge in [0.2, 0.25) is 17.7 Å². The molecule has 1 N–H and O–H groups in total. The maximum Gasteiger partial charge on any atom is 0.247 e. The molecule has 0 saturated heterocycles. The minimum absolute atomic E-state index is 0.0864. The van der Waals surface area contributed by atoms with Crippen LogP contribution < -0.4 is 5.32 Å². The number of hydrogen-bond acceptors (Lipinski definition) is 5. The molecule has 3 rings (SSSR count). The quantitative estimate of drug-likeness (QED) is 0.739. The standard InChI is InChI=1S/C19H21N3O3/c1-12-4-7-15(8-5-12)19-22-21-18(25-19)11-10-17(23)20-14(3)16-9-6-13(2)24-16/h4-9,14H,10-11H2,1-3H3,(H,20,23). The van der Waals surface area contributed by atoms with Gasteiger partial charge in [-0.15, -0.1) is 10.2 Å². The summed E-state index contributed by atoms with van der Waals surface area (Å²) >= 11 is 0. The first kappa shape index (κ1) is 17.0. The third kappa shape index (κ3) is 4.35. The highest BCUT2D eigenvalue weighted by Gasteiger charge is 2.14. The van der Waals surface area contributed by atoms with Crippen LogP contribution in [0.25, 0.3) is 11.5 Å². The van der Waals surface area contributed by atoms with Crippen LogP contribution in [0.4, 0.5) is 0 Å². The van der Waals surface area contributed by atoms with Crippen molar-refractivity contribution in [1.82, 2.24) is 15.5 Å². The first-order valence-corrected chi connectivity index (χ1v) is 8.26. The number of benzene rings is 1. The molecule has 0 bridgehead atoms. The Hall–Kier alpha value is -2.89. The number of carbonyl (C=O) groups excluding carboxylic acids is 1. The van der Waals surface area contributed by atoms with E-state index in [0.29, 0.717) is 18.2 Å². The second kappa shape index (κ2) is 7.34. The summed E-state index contributed by atoms with van der Waals surface area (Å²) in [5.41, 5.74) is 2.04. The van der Waals surface area contributed by atoms with Gasteiger partial charge in [-0.25, -0.2) is 0 Å². The summed E-state index contributed by atoms with van der Waals surface area (Å²) in [6.45, 7) is 5.78. The molecule has 0 aliphatic heterocycles.